The van der Waals surface area contributed by atoms with Crippen molar-refractivity contribution in [2.45, 2.75) is 40.0 Å². The van der Waals surface area contributed by atoms with Crippen molar-refractivity contribution in [3.63, 3.8) is 0 Å². The molecule has 0 aliphatic carbocycles. The monoisotopic (exact) mass is 269 g/mol. The lowest BCUT2D eigenvalue weighted by Crippen LogP contribution is -2.43. The van der Waals surface area contributed by atoms with Crippen molar-refractivity contribution in [3.8, 4) is 0 Å². The van der Waals surface area contributed by atoms with Crippen LogP contribution >= 0.6 is 0 Å². The largest absolute Gasteiger partial charge is 0.330 e. The molecule has 1 rings (SSSR count). The fourth-order valence-electron chi connectivity index (χ4n) is 2.37. The summed E-state index contributed by atoms with van der Waals surface area (Å²) < 4.78 is 0. The first kappa shape index (κ1) is 16.1. The Morgan fingerprint density at radius 2 is 1.79 bits per heavy atom. The number of carbonyl (C=O) groups is 2. The number of hydrogen-bond acceptors (Lipinski definition) is 4. The standard InChI is InChI=1S/C14H27N3O2/c1-4-7-16(11-14(2,3)10-15)8-9-17-12(18)5-6-13(17)19/h4-11,15H2,1-3H3. The Labute approximate surface area is 116 Å². The summed E-state index contributed by atoms with van der Waals surface area (Å²) >= 11 is 0. The summed E-state index contributed by atoms with van der Waals surface area (Å²) in [5.41, 5.74) is 5.83. The van der Waals surface area contributed by atoms with Crippen molar-refractivity contribution in [1.29, 1.82) is 0 Å². The zero-order valence-corrected chi connectivity index (χ0v) is 12.4. The molecule has 2 N–H and O–H groups in total. The van der Waals surface area contributed by atoms with Crippen LogP contribution in [0, 0.1) is 5.41 Å². The molecule has 2 amide bonds. The van der Waals surface area contributed by atoms with Crippen molar-refractivity contribution in [1.82, 2.24) is 9.80 Å². The molecule has 1 fully saturated rings. The van der Waals surface area contributed by atoms with Crippen molar-refractivity contribution in [3.05, 3.63) is 0 Å². The van der Waals surface area contributed by atoms with Gasteiger partial charge in [-0.15, -0.1) is 0 Å². The van der Waals surface area contributed by atoms with Gasteiger partial charge >= 0.3 is 0 Å². The predicted octanol–water partition coefficient (Wildman–Crippen LogP) is 0.832. The third-order valence-electron chi connectivity index (χ3n) is 3.54. The summed E-state index contributed by atoms with van der Waals surface area (Å²) in [6.45, 7) is 10.2. The lowest BCUT2D eigenvalue weighted by atomic mass is 9.93. The maximum absolute atomic E-state index is 11.6. The van der Waals surface area contributed by atoms with Crippen LogP contribution in [0.2, 0.25) is 0 Å². The second-order valence-electron chi connectivity index (χ2n) is 6.08. The summed E-state index contributed by atoms with van der Waals surface area (Å²) in [6.07, 6.45) is 1.81. The maximum Gasteiger partial charge on any atom is 0.229 e. The van der Waals surface area contributed by atoms with Gasteiger partial charge < -0.3 is 10.6 Å². The van der Waals surface area contributed by atoms with E-state index in [1.807, 2.05) is 0 Å². The lowest BCUT2D eigenvalue weighted by Gasteiger charge is -2.32. The summed E-state index contributed by atoms with van der Waals surface area (Å²) in [5, 5.41) is 0. The molecule has 1 heterocycles. The van der Waals surface area contributed by atoms with Gasteiger partial charge in [0, 0.05) is 32.5 Å². The van der Waals surface area contributed by atoms with Crippen LogP contribution in [0.3, 0.4) is 0 Å². The molecule has 0 saturated carbocycles. The first-order valence-electron chi connectivity index (χ1n) is 7.15. The number of imide groups is 1. The average Bonchev–Trinajstić information content (AvgIpc) is 2.66. The summed E-state index contributed by atoms with van der Waals surface area (Å²) in [4.78, 5) is 26.8. The summed E-state index contributed by atoms with van der Waals surface area (Å²) in [7, 11) is 0. The van der Waals surface area contributed by atoms with E-state index in [9.17, 15) is 9.59 Å². The maximum atomic E-state index is 11.6. The minimum Gasteiger partial charge on any atom is -0.330 e. The molecule has 5 nitrogen and oxygen atoms in total. The van der Waals surface area contributed by atoms with Gasteiger partial charge in [-0.05, 0) is 24.9 Å². The quantitative estimate of drug-likeness (QED) is 0.663. The number of carbonyl (C=O) groups excluding carboxylic acids is 2. The molecule has 1 aliphatic rings. The van der Waals surface area contributed by atoms with Crippen LogP contribution in [-0.4, -0.2) is 54.3 Å². The third-order valence-corrected chi connectivity index (χ3v) is 3.54. The Hall–Kier alpha value is -0.940. The molecule has 0 atom stereocenters. The lowest BCUT2D eigenvalue weighted by molar-refractivity contribution is -0.138. The second kappa shape index (κ2) is 7.01. The van der Waals surface area contributed by atoms with Crippen molar-refractivity contribution < 1.29 is 9.59 Å². The number of nitrogens with two attached hydrogens (primary N) is 1. The van der Waals surface area contributed by atoms with Gasteiger partial charge in [0.1, 0.15) is 0 Å². The van der Waals surface area contributed by atoms with Crippen LogP contribution in [0.1, 0.15) is 40.0 Å². The Morgan fingerprint density at radius 3 is 2.26 bits per heavy atom. The Morgan fingerprint density at radius 1 is 1.21 bits per heavy atom. The minimum atomic E-state index is -0.0282. The molecule has 0 spiro atoms. The topological polar surface area (TPSA) is 66.6 Å². The predicted molar refractivity (Wildman–Crippen MR) is 75.5 cm³/mol. The van der Waals surface area contributed by atoms with Gasteiger partial charge in [-0.2, -0.15) is 0 Å². The van der Waals surface area contributed by atoms with E-state index in [1.165, 1.54) is 4.90 Å². The molecule has 0 aromatic carbocycles. The number of hydrogen-bond donors (Lipinski definition) is 1. The molecule has 5 heteroatoms. The highest BCUT2D eigenvalue weighted by molar-refractivity contribution is 6.01. The number of rotatable bonds is 8. The highest BCUT2D eigenvalue weighted by Crippen LogP contribution is 2.16. The van der Waals surface area contributed by atoms with Crippen LogP contribution in [-0.2, 0) is 9.59 Å². The Balaban J connectivity index is 2.49. The summed E-state index contributed by atoms with van der Waals surface area (Å²) in [5.74, 6) is -0.0564. The van der Waals surface area contributed by atoms with Crippen LogP contribution in [0.5, 0.6) is 0 Å². The second-order valence-corrected chi connectivity index (χ2v) is 6.08. The Kier molecular flexibility index (Phi) is 5.94. The molecule has 0 bridgehead atoms. The molecule has 1 saturated heterocycles. The van der Waals surface area contributed by atoms with E-state index >= 15 is 0 Å². The van der Waals surface area contributed by atoms with Gasteiger partial charge in [0.25, 0.3) is 0 Å². The molecule has 0 unspecified atom stereocenters. The molecular weight excluding hydrogens is 242 g/mol. The van der Waals surface area contributed by atoms with Crippen molar-refractivity contribution in [2.24, 2.45) is 11.1 Å². The first-order valence-corrected chi connectivity index (χ1v) is 7.15. The van der Waals surface area contributed by atoms with Crippen LogP contribution in [0.25, 0.3) is 0 Å². The van der Waals surface area contributed by atoms with E-state index in [-0.39, 0.29) is 17.2 Å². The highest BCUT2D eigenvalue weighted by atomic mass is 16.2. The first-order chi connectivity index (χ1) is 8.89. The SMILES string of the molecule is CCCN(CCN1C(=O)CCC1=O)CC(C)(C)CN. The molecule has 110 valence electrons. The minimum absolute atomic E-state index is 0.0282. The number of amides is 2. The third kappa shape index (κ3) is 4.91. The molecule has 0 aromatic heterocycles. The number of likely N-dealkylation sites (tertiary alicyclic amines) is 1. The van der Waals surface area contributed by atoms with Gasteiger partial charge in [-0.1, -0.05) is 20.8 Å². The molecule has 19 heavy (non-hydrogen) atoms. The zero-order chi connectivity index (χ0) is 14.5. The molecular formula is C14H27N3O2. The van der Waals surface area contributed by atoms with E-state index in [4.69, 9.17) is 5.73 Å². The van der Waals surface area contributed by atoms with Gasteiger partial charge in [0.2, 0.25) is 11.8 Å². The van der Waals surface area contributed by atoms with Crippen molar-refractivity contribution in [2.75, 3.05) is 32.7 Å². The fourth-order valence-corrected chi connectivity index (χ4v) is 2.37. The van der Waals surface area contributed by atoms with E-state index in [0.29, 0.717) is 25.9 Å². The van der Waals surface area contributed by atoms with Crippen LogP contribution < -0.4 is 5.73 Å². The van der Waals surface area contributed by atoms with Gasteiger partial charge in [-0.25, -0.2) is 0 Å². The van der Waals surface area contributed by atoms with Gasteiger partial charge in [-0.3, -0.25) is 14.5 Å². The fraction of sp³-hybridized carbons (Fsp3) is 0.857. The average molecular weight is 269 g/mol. The zero-order valence-electron chi connectivity index (χ0n) is 12.4. The molecule has 1 aliphatic heterocycles. The van der Waals surface area contributed by atoms with E-state index in [0.717, 1.165) is 26.1 Å². The highest BCUT2D eigenvalue weighted by Gasteiger charge is 2.29. The van der Waals surface area contributed by atoms with Gasteiger partial charge in [0.15, 0.2) is 0 Å². The summed E-state index contributed by atoms with van der Waals surface area (Å²) in [6, 6.07) is 0. The van der Waals surface area contributed by atoms with Crippen LogP contribution in [0.15, 0.2) is 0 Å². The molecule has 0 radical (unpaired) electrons. The van der Waals surface area contributed by atoms with Gasteiger partial charge in [0.05, 0.1) is 0 Å². The molecule has 0 aromatic rings. The van der Waals surface area contributed by atoms with E-state index in [2.05, 4.69) is 25.7 Å². The van der Waals surface area contributed by atoms with Crippen molar-refractivity contribution >= 4 is 11.8 Å². The Bertz CT molecular complexity index is 313. The van der Waals surface area contributed by atoms with E-state index in [1.54, 1.807) is 0 Å². The van der Waals surface area contributed by atoms with E-state index < -0.39 is 0 Å². The van der Waals surface area contributed by atoms with Crippen LogP contribution in [0.4, 0.5) is 0 Å². The smallest absolute Gasteiger partial charge is 0.229 e. The normalized spacial score (nSPS) is 16.8. The number of nitrogens with zero attached hydrogens (tertiary/aromatic N) is 2.